The second-order valence-electron chi connectivity index (χ2n) is 8.06. The zero-order valence-electron chi connectivity index (χ0n) is 18.9. The lowest BCUT2D eigenvalue weighted by Crippen LogP contribution is -2.25. The third-order valence-corrected chi connectivity index (χ3v) is 6.16. The Balaban J connectivity index is 1.48. The highest BCUT2D eigenvalue weighted by Gasteiger charge is 2.13. The molecule has 1 aromatic heterocycles. The van der Waals surface area contributed by atoms with Gasteiger partial charge in [0.2, 0.25) is 0 Å². The summed E-state index contributed by atoms with van der Waals surface area (Å²) >= 11 is 3.50. The van der Waals surface area contributed by atoms with E-state index in [0.717, 1.165) is 44.3 Å². The van der Waals surface area contributed by atoms with Gasteiger partial charge in [0.15, 0.2) is 6.61 Å². The van der Waals surface area contributed by atoms with Crippen molar-refractivity contribution in [2.75, 3.05) is 6.61 Å². The highest BCUT2D eigenvalue weighted by molar-refractivity contribution is 9.10. The monoisotopic (exact) mass is 503 g/mol. The fourth-order valence-electron chi connectivity index (χ4n) is 4.01. The molecule has 4 aromatic rings. The van der Waals surface area contributed by atoms with Crippen molar-refractivity contribution in [3.63, 3.8) is 0 Å². The quantitative estimate of drug-likeness (QED) is 0.252. The first-order chi connectivity index (χ1) is 15.9. The van der Waals surface area contributed by atoms with Crippen LogP contribution in [0.5, 0.6) is 5.75 Å². The number of rotatable bonds is 7. The second kappa shape index (κ2) is 10.0. The maximum Gasteiger partial charge on any atom is 0.277 e. The van der Waals surface area contributed by atoms with Crippen molar-refractivity contribution >= 4 is 39.0 Å². The molecule has 0 fully saturated rings. The fourth-order valence-corrected chi connectivity index (χ4v) is 4.80. The van der Waals surface area contributed by atoms with Gasteiger partial charge >= 0.3 is 0 Å². The van der Waals surface area contributed by atoms with E-state index in [0.29, 0.717) is 5.75 Å². The molecule has 0 aliphatic carbocycles. The smallest absolute Gasteiger partial charge is 0.277 e. The molecule has 0 saturated carbocycles. The topological polar surface area (TPSA) is 55.6 Å². The predicted molar refractivity (Wildman–Crippen MR) is 137 cm³/mol. The summed E-state index contributed by atoms with van der Waals surface area (Å²) in [4.78, 5) is 12.3. The van der Waals surface area contributed by atoms with E-state index in [1.807, 2.05) is 56.3 Å². The molecule has 0 aliphatic heterocycles. The van der Waals surface area contributed by atoms with Crippen LogP contribution in [-0.4, -0.2) is 23.3 Å². The van der Waals surface area contributed by atoms with Gasteiger partial charge in [-0.3, -0.25) is 4.79 Å². The van der Waals surface area contributed by atoms with Crippen LogP contribution in [0.2, 0.25) is 0 Å². The molecule has 0 saturated heterocycles. The van der Waals surface area contributed by atoms with Crippen LogP contribution in [-0.2, 0) is 11.3 Å². The van der Waals surface area contributed by atoms with Crippen molar-refractivity contribution < 1.29 is 9.53 Å². The Hall–Kier alpha value is -3.38. The maximum atomic E-state index is 12.3. The minimum Gasteiger partial charge on any atom is -0.482 e. The number of nitrogens with zero attached hydrogens (tertiary/aromatic N) is 2. The average Bonchev–Trinajstić information content (AvgIpc) is 3.05. The summed E-state index contributed by atoms with van der Waals surface area (Å²) in [5, 5.41) is 5.31. The van der Waals surface area contributed by atoms with E-state index < -0.39 is 0 Å². The van der Waals surface area contributed by atoms with Gasteiger partial charge in [-0.05, 0) is 65.5 Å². The molecular formula is C27H26BrN3O2. The molecule has 0 bridgehead atoms. The average molecular weight is 504 g/mol. The number of hydrogen-bond donors (Lipinski definition) is 1. The van der Waals surface area contributed by atoms with Crippen molar-refractivity contribution in [2.24, 2.45) is 5.10 Å². The Bertz CT molecular complexity index is 1300. The van der Waals surface area contributed by atoms with Crippen molar-refractivity contribution in [2.45, 2.75) is 27.3 Å². The molecule has 0 spiro atoms. The van der Waals surface area contributed by atoms with Gasteiger partial charge in [0.1, 0.15) is 5.75 Å². The van der Waals surface area contributed by atoms with Crippen LogP contribution in [0.4, 0.5) is 0 Å². The minimum absolute atomic E-state index is 0.116. The molecule has 33 heavy (non-hydrogen) atoms. The number of amides is 1. The summed E-state index contributed by atoms with van der Waals surface area (Å²) in [6, 6.07) is 22.6. The van der Waals surface area contributed by atoms with E-state index in [9.17, 15) is 4.79 Å². The van der Waals surface area contributed by atoms with Crippen LogP contribution in [0.25, 0.3) is 10.9 Å². The number of aryl methyl sites for hydroxylation is 2. The largest absolute Gasteiger partial charge is 0.482 e. The number of ether oxygens (including phenoxy) is 1. The Labute approximate surface area is 202 Å². The van der Waals surface area contributed by atoms with Gasteiger partial charge in [-0.2, -0.15) is 5.10 Å². The van der Waals surface area contributed by atoms with Gasteiger partial charge in [0.25, 0.3) is 5.91 Å². The first kappa shape index (κ1) is 22.8. The van der Waals surface area contributed by atoms with Gasteiger partial charge in [0.05, 0.1) is 10.7 Å². The Morgan fingerprint density at radius 3 is 2.55 bits per heavy atom. The van der Waals surface area contributed by atoms with Crippen LogP contribution in [0.1, 0.15) is 27.9 Å². The number of fused-ring (bicyclic) bond motifs is 1. The number of benzene rings is 3. The zero-order valence-corrected chi connectivity index (χ0v) is 20.5. The summed E-state index contributed by atoms with van der Waals surface area (Å²) in [6.07, 6.45) is 1.71. The van der Waals surface area contributed by atoms with Crippen LogP contribution in [0, 0.1) is 20.8 Å². The summed E-state index contributed by atoms with van der Waals surface area (Å²) < 4.78 is 8.82. The highest BCUT2D eigenvalue weighted by atomic mass is 79.9. The third kappa shape index (κ3) is 5.17. The number of halogens is 1. The molecule has 0 radical (unpaired) electrons. The van der Waals surface area contributed by atoms with Crippen LogP contribution >= 0.6 is 15.9 Å². The lowest BCUT2D eigenvalue weighted by Gasteiger charge is -2.11. The lowest BCUT2D eigenvalue weighted by molar-refractivity contribution is -0.123. The molecule has 5 nitrogen and oxygen atoms in total. The normalized spacial score (nSPS) is 11.3. The summed E-state index contributed by atoms with van der Waals surface area (Å²) in [5.41, 5.74) is 9.12. The molecule has 4 rings (SSSR count). The maximum absolute atomic E-state index is 12.3. The van der Waals surface area contributed by atoms with Gasteiger partial charge in [-0.15, -0.1) is 0 Å². The molecular weight excluding hydrogens is 478 g/mol. The van der Waals surface area contributed by atoms with E-state index in [-0.39, 0.29) is 12.5 Å². The molecule has 0 atom stereocenters. The highest BCUT2D eigenvalue weighted by Crippen LogP contribution is 2.30. The summed E-state index contributed by atoms with van der Waals surface area (Å²) in [5.74, 6) is 0.350. The van der Waals surface area contributed by atoms with E-state index in [4.69, 9.17) is 4.74 Å². The molecule has 6 heteroatoms. The molecule has 1 amide bonds. The van der Waals surface area contributed by atoms with Crippen LogP contribution < -0.4 is 10.2 Å². The van der Waals surface area contributed by atoms with E-state index in [1.165, 1.54) is 5.56 Å². The number of carbonyl (C=O) groups is 1. The zero-order chi connectivity index (χ0) is 23.4. The van der Waals surface area contributed by atoms with E-state index >= 15 is 0 Å². The van der Waals surface area contributed by atoms with Gasteiger partial charge in [0, 0.05) is 28.7 Å². The summed E-state index contributed by atoms with van der Waals surface area (Å²) in [6.45, 7) is 6.70. The predicted octanol–water partition coefficient (Wildman–Crippen LogP) is 5.91. The molecule has 3 aromatic carbocycles. The van der Waals surface area contributed by atoms with Crippen molar-refractivity contribution in [1.82, 2.24) is 9.99 Å². The molecule has 168 valence electrons. The summed E-state index contributed by atoms with van der Waals surface area (Å²) in [7, 11) is 0. The van der Waals surface area contributed by atoms with Gasteiger partial charge in [-0.1, -0.05) is 54.6 Å². The van der Waals surface area contributed by atoms with Crippen molar-refractivity contribution in [3.8, 4) is 5.75 Å². The molecule has 1 N–H and O–H groups in total. The molecule has 1 heterocycles. The van der Waals surface area contributed by atoms with E-state index in [1.54, 1.807) is 6.21 Å². The van der Waals surface area contributed by atoms with Crippen LogP contribution in [0.3, 0.4) is 0 Å². The van der Waals surface area contributed by atoms with Gasteiger partial charge in [-0.25, -0.2) is 5.43 Å². The molecule has 0 aliphatic rings. The number of para-hydroxylation sites is 1. The lowest BCUT2D eigenvalue weighted by atomic mass is 10.1. The molecule has 0 unspecified atom stereocenters. The second-order valence-corrected chi connectivity index (χ2v) is 8.92. The Kier molecular flexibility index (Phi) is 6.94. The first-order valence-electron chi connectivity index (χ1n) is 10.8. The van der Waals surface area contributed by atoms with Crippen molar-refractivity contribution in [1.29, 1.82) is 0 Å². The van der Waals surface area contributed by atoms with E-state index in [2.05, 4.69) is 62.2 Å². The van der Waals surface area contributed by atoms with Crippen molar-refractivity contribution in [3.05, 3.63) is 99.2 Å². The SMILES string of the molecule is Cc1cc(C)c(OCC(=O)N/N=C/c2c(C)n(Cc3ccccc3)c3ccccc23)c(Br)c1. The minimum atomic E-state index is -0.316. The van der Waals surface area contributed by atoms with Gasteiger partial charge < -0.3 is 9.30 Å². The third-order valence-electron chi connectivity index (χ3n) is 5.57. The Morgan fingerprint density at radius 2 is 1.79 bits per heavy atom. The number of hydrogen-bond acceptors (Lipinski definition) is 3. The van der Waals surface area contributed by atoms with Crippen LogP contribution in [0.15, 0.2) is 76.3 Å². The Morgan fingerprint density at radius 1 is 1.06 bits per heavy atom. The number of aromatic nitrogens is 1. The standard InChI is InChI=1S/C27H26BrN3O2/c1-18-13-19(2)27(24(28)14-18)33-17-26(32)30-29-15-23-20(3)31(16-21-9-5-4-6-10-21)25-12-8-7-11-22(23)25/h4-15H,16-17H2,1-3H3,(H,30,32)/b29-15+. The number of carbonyl (C=O) groups excluding carboxylic acids is 1. The number of nitrogens with one attached hydrogen (secondary N) is 1. The fraction of sp³-hybridized carbons (Fsp3) is 0.185. The number of hydrazone groups is 1. The first-order valence-corrected chi connectivity index (χ1v) is 11.6.